The van der Waals surface area contributed by atoms with Gasteiger partial charge in [-0.15, -0.1) is 0 Å². The molecule has 0 radical (unpaired) electrons. The van der Waals surface area contributed by atoms with Crippen molar-refractivity contribution in [3.63, 3.8) is 0 Å². The first kappa shape index (κ1) is 13.6. The standard InChI is InChI=1S/C10H15BrF2N2O/c1-3-7(2)16-6-9-8(11)4-14-15(9)5-10(12)13/h4,7,10H,3,5-6H2,1-2H3/t7-/m1/s1. The number of hydrogen-bond acceptors (Lipinski definition) is 2. The molecule has 0 bridgehead atoms. The van der Waals surface area contributed by atoms with Crippen molar-refractivity contribution in [3.05, 3.63) is 16.4 Å². The first-order valence-electron chi connectivity index (χ1n) is 5.14. The quantitative estimate of drug-likeness (QED) is 0.806. The monoisotopic (exact) mass is 296 g/mol. The van der Waals surface area contributed by atoms with Gasteiger partial charge in [0.15, 0.2) is 0 Å². The minimum Gasteiger partial charge on any atom is -0.372 e. The van der Waals surface area contributed by atoms with E-state index >= 15 is 0 Å². The predicted octanol–water partition coefficient (Wildman–Crippen LogP) is 3.23. The highest BCUT2D eigenvalue weighted by molar-refractivity contribution is 9.10. The lowest BCUT2D eigenvalue weighted by atomic mass is 10.3. The van der Waals surface area contributed by atoms with E-state index in [-0.39, 0.29) is 6.10 Å². The zero-order valence-electron chi connectivity index (χ0n) is 9.29. The average Bonchev–Trinajstić information content (AvgIpc) is 2.56. The van der Waals surface area contributed by atoms with Crippen LogP contribution >= 0.6 is 15.9 Å². The van der Waals surface area contributed by atoms with Crippen LogP contribution in [-0.2, 0) is 17.9 Å². The Bertz CT molecular complexity index is 331. The van der Waals surface area contributed by atoms with E-state index in [2.05, 4.69) is 21.0 Å². The molecule has 0 aromatic carbocycles. The van der Waals surface area contributed by atoms with Crippen LogP contribution in [0.15, 0.2) is 10.7 Å². The largest absolute Gasteiger partial charge is 0.372 e. The Morgan fingerprint density at radius 3 is 2.81 bits per heavy atom. The molecule has 0 saturated carbocycles. The molecule has 0 aliphatic carbocycles. The number of halogens is 3. The smallest absolute Gasteiger partial charge is 0.257 e. The summed E-state index contributed by atoms with van der Waals surface area (Å²) in [4.78, 5) is 0. The molecule has 3 nitrogen and oxygen atoms in total. The summed E-state index contributed by atoms with van der Waals surface area (Å²) in [5.41, 5.74) is 0.653. The summed E-state index contributed by atoms with van der Waals surface area (Å²) in [5.74, 6) is 0. The number of ether oxygens (including phenoxy) is 1. The number of hydrogen-bond donors (Lipinski definition) is 0. The third-order valence-electron chi connectivity index (χ3n) is 2.29. The van der Waals surface area contributed by atoms with E-state index in [0.717, 1.165) is 6.42 Å². The van der Waals surface area contributed by atoms with Crippen molar-refractivity contribution < 1.29 is 13.5 Å². The van der Waals surface area contributed by atoms with Crippen molar-refractivity contribution in [3.8, 4) is 0 Å². The SMILES string of the molecule is CC[C@@H](C)OCc1c(Br)cnn1CC(F)F. The molecule has 16 heavy (non-hydrogen) atoms. The molecule has 0 aliphatic heterocycles. The molecule has 0 amide bonds. The molecule has 1 rings (SSSR count). The minimum atomic E-state index is -2.41. The first-order chi connectivity index (χ1) is 7.54. The van der Waals surface area contributed by atoms with Crippen molar-refractivity contribution in [2.45, 2.75) is 45.9 Å². The molecule has 0 fully saturated rings. The van der Waals surface area contributed by atoms with Crippen LogP contribution in [0.1, 0.15) is 26.0 Å². The summed E-state index contributed by atoms with van der Waals surface area (Å²) < 4.78 is 32.0. The van der Waals surface area contributed by atoms with E-state index in [9.17, 15) is 8.78 Å². The van der Waals surface area contributed by atoms with Gasteiger partial charge in [0.05, 0.1) is 29.1 Å². The fourth-order valence-electron chi connectivity index (χ4n) is 1.16. The maximum absolute atomic E-state index is 12.3. The lowest BCUT2D eigenvalue weighted by molar-refractivity contribution is 0.0435. The fraction of sp³-hybridized carbons (Fsp3) is 0.700. The molecular weight excluding hydrogens is 282 g/mol. The summed E-state index contributed by atoms with van der Waals surface area (Å²) in [7, 11) is 0. The van der Waals surface area contributed by atoms with Crippen molar-refractivity contribution in [2.75, 3.05) is 0 Å². The zero-order chi connectivity index (χ0) is 12.1. The fourth-order valence-corrected chi connectivity index (χ4v) is 1.57. The first-order valence-corrected chi connectivity index (χ1v) is 5.93. The third-order valence-corrected chi connectivity index (χ3v) is 2.95. The van der Waals surface area contributed by atoms with Crippen molar-refractivity contribution in [1.29, 1.82) is 0 Å². The predicted molar refractivity (Wildman–Crippen MR) is 60.5 cm³/mol. The van der Waals surface area contributed by atoms with Crippen LogP contribution in [0.25, 0.3) is 0 Å². The van der Waals surface area contributed by atoms with Gasteiger partial charge in [-0.25, -0.2) is 8.78 Å². The molecule has 0 saturated heterocycles. The van der Waals surface area contributed by atoms with Gasteiger partial charge < -0.3 is 4.74 Å². The second kappa shape index (κ2) is 6.30. The molecule has 1 atom stereocenters. The number of nitrogens with zero attached hydrogens (tertiary/aromatic N) is 2. The van der Waals surface area contributed by atoms with Crippen molar-refractivity contribution in [2.24, 2.45) is 0 Å². The summed E-state index contributed by atoms with van der Waals surface area (Å²) in [6.07, 6.45) is 0.106. The Balaban J connectivity index is 2.66. The van der Waals surface area contributed by atoms with E-state index in [4.69, 9.17) is 4.74 Å². The molecule has 1 aromatic heterocycles. The Hall–Kier alpha value is -0.490. The minimum absolute atomic E-state index is 0.113. The summed E-state index contributed by atoms with van der Waals surface area (Å²) in [6.45, 7) is 3.85. The van der Waals surface area contributed by atoms with E-state index in [1.54, 1.807) is 0 Å². The second-order valence-electron chi connectivity index (χ2n) is 3.54. The summed E-state index contributed by atoms with van der Waals surface area (Å²) in [6, 6.07) is 0. The normalized spacial score (nSPS) is 13.4. The maximum Gasteiger partial charge on any atom is 0.257 e. The van der Waals surface area contributed by atoms with Crippen LogP contribution in [0.3, 0.4) is 0 Å². The van der Waals surface area contributed by atoms with Gasteiger partial charge in [0.25, 0.3) is 6.43 Å². The Morgan fingerprint density at radius 1 is 1.56 bits per heavy atom. The highest BCUT2D eigenvalue weighted by atomic mass is 79.9. The number of rotatable bonds is 6. The van der Waals surface area contributed by atoms with E-state index in [1.807, 2.05) is 13.8 Å². The van der Waals surface area contributed by atoms with Crippen LogP contribution in [0.2, 0.25) is 0 Å². The van der Waals surface area contributed by atoms with Gasteiger partial charge in [0.2, 0.25) is 0 Å². The van der Waals surface area contributed by atoms with Crippen molar-refractivity contribution in [1.82, 2.24) is 9.78 Å². The third kappa shape index (κ3) is 3.83. The zero-order valence-corrected chi connectivity index (χ0v) is 10.9. The Morgan fingerprint density at radius 2 is 2.25 bits per heavy atom. The molecule has 0 aliphatic rings. The topological polar surface area (TPSA) is 27.1 Å². The van der Waals surface area contributed by atoms with E-state index in [0.29, 0.717) is 16.8 Å². The van der Waals surface area contributed by atoms with Crippen LogP contribution < -0.4 is 0 Å². The number of alkyl halides is 2. The molecule has 1 heterocycles. The molecule has 6 heteroatoms. The Kier molecular flexibility index (Phi) is 5.34. The van der Waals surface area contributed by atoms with Gasteiger partial charge >= 0.3 is 0 Å². The van der Waals surface area contributed by atoms with Crippen LogP contribution in [0, 0.1) is 0 Å². The van der Waals surface area contributed by atoms with Gasteiger partial charge in [-0.3, -0.25) is 4.68 Å². The molecule has 0 unspecified atom stereocenters. The van der Waals surface area contributed by atoms with Crippen LogP contribution in [0.5, 0.6) is 0 Å². The molecule has 92 valence electrons. The van der Waals surface area contributed by atoms with Gasteiger partial charge in [-0.2, -0.15) is 5.10 Å². The summed E-state index contributed by atoms with van der Waals surface area (Å²) >= 11 is 3.27. The highest BCUT2D eigenvalue weighted by Gasteiger charge is 2.13. The van der Waals surface area contributed by atoms with Gasteiger partial charge in [-0.05, 0) is 29.3 Å². The maximum atomic E-state index is 12.3. The molecule has 0 N–H and O–H groups in total. The van der Waals surface area contributed by atoms with Crippen LogP contribution in [0.4, 0.5) is 8.78 Å². The summed E-state index contributed by atoms with van der Waals surface area (Å²) in [5, 5.41) is 3.87. The van der Waals surface area contributed by atoms with Gasteiger partial charge in [0.1, 0.15) is 6.54 Å². The second-order valence-corrected chi connectivity index (χ2v) is 4.40. The Labute approximate surface area is 102 Å². The molecule has 1 aromatic rings. The lowest BCUT2D eigenvalue weighted by Gasteiger charge is -2.12. The van der Waals surface area contributed by atoms with Gasteiger partial charge in [-0.1, -0.05) is 6.92 Å². The van der Waals surface area contributed by atoms with Crippen molar-refractivity contribution >= 4 is 15.9 Å². The molecule has 0 spiro atoms. The van der Waals surface area contributed by atoms with Gasteiger partial charge in [0, 0.05) is 0 Å². The highest BCUT2D eigenvalue weighted by Crippen LogP contribution is 2.18. The number of aromatic nitrogens is 2. The van der Waals surface area contributed by atoms with Crippen LogP contribution in [-0.4, -0.2) is 22.3 Å². The lowest BCUT2D eigenvalue weighted by Crippen LogP contribution is -2.14. The van der Waals surface area contributed by atoms with E-state index < -0.39 is 13.0 Å². The van der Waals surface area contributed by atoms with E-state index in [1.165, 1.54) is 10.9 Å². The molecular formula is C10H15BrF2N2O. The average molecular weight is 297 g/mol.